The molecule has 2 rings (SSSR count). The number of anilines is 1. The van der Waals surface area contributed by atoms with Crippen LogP contribution in [0.4, 0.5) is 5.69 Å². The van der Waals surface area contributed by atoms with Crippen LogP contribution in [0.2, 0.25) is 0 Å². The van der Waals surface area contributed by atoms with Crippen molar-refractivity contribution in [3.63, 3.8) is 0 Å². The van der Waals surface area contributed by atoms with Gasteiger partial charge in [0.25, 0.3) is 0 Å². The summed E-state index contributed by atoms with van der Waals surface area (Å²) in [5.41, 5.74) is 0.887. The molecule has 20 heavy (non-hydrogen) atoms. The SMILES string of the molecule is CN(C(=O)CNc1cccc(I)c1)[C@H]1CCS(=O)(=O)C1. The smallest absolute Gasteiger partial charge is 0.241 e. The molecular formula is C13H17IN2O3S. The highest BCUT2D eigenvalue weighted by atomic mass is 127. The van der Waals surface area contributed by atoms with Crippen LogP contribution >= 0.6 is 22.6 Å². The van der Waals surface area contributed by atoms with Gasteiger partial charge >= 0.3 is 0 Å². The van der Waals surface area contributed by atoms with Gasteiger partial charge in [-0.25, -0.2) is 8.42 Å². The van der Waals surface area contributed by atoms with Crippen molar-refractivity contribution in [2.75, 3.05) is 30.4 Å². The Morgan fingerprint density at radius 3 is 2.85 bits per heavy atom. The minimum Gasteiger partial charge on any atom is -0.376 e. The minimum atomic E-state index is -2.96. The number of hydrogen-bond acceptors (Lipinski definition) is 4. The third-order valence-electron chi connectivity index (χ3n) is 3.42. The Balaban J connectivity index is 1.89. The van der Waals surface area contributed by atoms with E-state index in [0.717, 1.165) is 9.26 Å². The zero-order chi connectivity index (χ0) is 14.8. The molecule has 1 saturated heterocycles. The van der Waals surface area contributed by atoms with Gasteiger partial charge in [-0.15, -0.1) is 0 Å². The molecule has 1 aromatic carbocycles. The Kier molecular flexibility index (Phi) is 4.90. The van der Waals surface area contributed by atoms with E-state index in [4.69, 9.17) is 0 Å². The molecule has 5 nitrogen and oxygen atoms in total. The van der Waals surface area contributed by atoms with E-state index >= 15 is 0 Å². The molecule has 1 aliphatic heterocycles. The lowest BCUT2D eigenvalue weighted by molar-refractivity contribution is -0.129. The first-order valence-electron chi connectivity index (χ1n) is 6.33. The first-order chi connectivity index (χ1) is 9.37. The second-order valence-electron chi connectivity index (χ2n) is 4.93. The number of carbonyl (C=O) groups excluding carboxylic acids is 1. The van der Waals surface area contributed by atoms with Gasteiger partial charge in [0.1, 0.15) is 0 Å². The van der Waals surface area contributed by atoms with Crippen LogP contribution in [0.15, 0.2) is 24.3 Å². The maximum atomic E-state index is 12.1. The van der Waals surface area contributed by atoms with Crippen molar-refractivity contribution in [2.24, 2.45) is 0 Å². The molecule has 0 saturated carbocycles. The van der Waals surface area contributed by atoms with Crippen molar-refractivity contribution in [3.8, 4) is 0 Å². The fraction of sp³-hybridized carbons (Fsp3) is 0.462. The Hall–Kier alpha value is -0.830. The standard InChI is InChI=1S/C13H17IN2O3S/c1-16(12-5-6-20(18,19)9-12)13(17)8-15-11-4-2-3-10(14)7-11/h2-4,7,12,15H,5-6,8-9H2,1H3/t12-/m0/s1. The van der Waals surface area contributed by atoms with Gasteiger partial charge in [-0.2, -0.15) is 0 Å². The van der Waals surface area contributed by atoms with E-state index in [1.807, 2.05) is 24.3 Å². The predicted octanol–water partition coefficient (Wildman–Crippen LogP) is 1.35. The van der Waals surface area contributed by atoms with Gasteiger partial charge in [-0.3, -0.25) is 4.79 Å². The van der Waals surface area contributed by atoms with E-state index in [1.165, 1.54) is 0 Å². The highest BCUT2D eigenvalue weighted by molar-refractivity contribution is 14.1. The predicted molar refractivity (Wildman–Crippen MR) is 87.5 cm³/mol. The molecule has 1 heterocycles. The number of nitrogens with zero attached hydrogens (tertiary/aromatic N) is 1. The Morgan fingerprint density at radius 2 is 2.25 bits per heavy atom. The van der Waals surface area contributed by atoms with Crippen LogP contribution in [0.5, 0.6) is 0 Å². The largest absolute Gasteiger partial charge is 0.376 e. The molecular weight excluding hydrogens is 391 g/mol. The number of nitrogens with one attached hydrogen (secondary N) is 1. The summed E-state index contributed by atoms with van der Waals surface area (Å²) < 4.78 is 24.0. The summed E-state index contributed by atoms with van der Waals surface area (Å²) in [6.45, 7) is 0.174. The molecule has 1 N–H and O–H groups in total. The van der Waals surface area contributed by atoms with Gasteiger partial charge in [0.05, 0.1) is 18.1 Å². The van der Waals surface area contributed by atoms with E-state index in [0.29, 0.717) is 6.42 Å². The van der Waals surface area contributed by atoms with Crippen molar-refractivity contribution >= 4 is 44.0 Å². The topological polar surface area (TPSA) is 66.5 Å². The second-order valence-corrected chi connectivity index (χ2v) is 8.40. The van der Waals surface area contributed by atoms with Crippen molar-refractivity contribution in [1.29, 1.82) is 0 Å². The van der Waals surface area contributed by atoms with E-state index in [1.54, 1.807) is 11.9 Å². The summed E-state index contributed by atoms with van der Waals surface area (Å²) in [4.78, 5) is 13.6. The quantitative estimate of drug-likeness (QED) is 0.764. The molecule has 1 aliphatic rings. The molecule has 110 valence electrons. The summed E-state index contributed by atoms with van der Waals surface area (Å²) in [5, 5.41) is 3.06. The molecule has 7 heteroatoms. The monoisotopic (exact) mass is 408 g/mol. The van der Waals surface area contributed by atoms with E-state index in [2.05, 4.69) is 27.9 Å². The van der Waals surface area contributed by atoms with Gasteiger partial charge in [0.2, 0.25) is 5.91 Å². The molecule has 0 spiro atoms. The first-order valence-corrected chi connectivity index (χ1v) is 9.23. The van der Waals surface area contributed by atoms with Crippen LogP contribution in [0, 0.1) is 3.57 Å². The fourth-order valence-electron chi connectivity index (χ4n) is 2.19. The number of rotatable bonds is 4. The molecule has 1 amide bonds. The zero-order valence-corrected chi connectivity index (χ0v) is 14.1. The zero-order valence-electron chi connectivity index (χ0n) is 11.2. The maximum absolute atomic E-state index is 12.1. The summed E-state index contributed by atoms with van der Waals surface area (Å²) in [5.74, 6) is 0.170. The average molecular weight is 408 g/mol. The van der Waals surface area contributed by atoms with Crippen molar-refractivity contribution in [3.05, 3.63) is 27.8 Å². The number of benzene rings is 1. The normalized spacial score (nSPS) is 20.6. The third kappa shape index (κ3) is 4.08. The lowest BCUT2D eigenvalue weighted by Gasteiger charge is -2.23. The van der Waals surface area contributed by atoms with E-state index < -0.39 is 9.84 Å². The average Bonchev–Trinajstić information content (AvgIpc) is 2.75. The molecule has 1 aromatic rings. The summed E-state index contributed by atoms with van der Waals surface area (Å²) >= 11 is 2.21. The molecule has 0 radical (unpaired) electrons. The summed E-state index contributed by atoms with van der Waals surface area (Å²) in [6, 6.07) is 7.55. The van der Waals surface area contributed by atoms with E-state index in [-0.39, 0.29) is 30.0 Å². The highest BCUT2D eigenvalue weighted by Gasteiger charge is 2.32. The maximum Gasteiger partial charge on any atom is 0.241 e. The van der Waals surface area contributed by atoms with Crippen LogP contribution in [0.1, 0.15) is 6.42 Å². The molecule has 0 aromatic heterocycles. The van der Waals surface area contributed by atoms with Gasteiger partial charge in [-0.1, -0.05) is 6.07 Å². The van der Waals surface area contributed by atoms with Crippen LogP contribution in [-0.4, -0.2) is 50.4 Å². The molecule has 1 atom stereocenters. The van der Waals surface area contributed by atoms with Crippen LogP contribution in [0.3, 0.4) is 0 Å². The van der Waals surface area contributed by atoms with Crippen LogP contribution in [-0.2, 0) is 14.6 Å². The van der Waals surface area contributed by atoms with Crippen LogP contribution < -0.4 is 5.32 Å². The second kappa shape index (κ2) is 6.30. The van der Waals surface area contributed by atoms with Crippen LogP contribution in [0.25, 0.3) is 0 Å². The number of sulfone groups is 1. The molecule has 1 fully saturated rings. The minimum absolute atomic E-state index is 0.0818. The van der Waals surface area contributed by atoms with Crippen molar-refractivity contribution < 1.29 is 13.2 Å². The number of hydrogen-bond donors (Lipinski definition) is 1. The first kappa shape index (κ1) is 15.6. The van der Waals surface area contributed by atoms with Gasteiger partial charge < -0.3 is 10.2 Å². The summed E-state index contributed by atoms with van der Waals surface area (Å²) in [7, 11) is -1.29. The Morgan fingerprint density at radius 1 is 1.50 bits per heavy atom. The number of carbonyl (C=O) groups is 1. The number of amides is 1. The summed E-state index contributed by atoms with van der Waals surface area (Å²) in [6.07, 6.45) is 0.536. The van der Waals surface area contributed by atoms with Crippen molar-refractivity contribution in [2.45, 2.75) is 12.5 Å². The lowest BCUT2D eigenvalue weighted by Crippen LogP contribution is -2.40. The van der Waals surface area contributed by atoms with Gasteiger partial charge in [0.15, 0.2) is 9.84 Å². The van der Waals surface area contributed by atoms with Gasteiger partial charge in [0, 0.05) is 22.3 Å². The number of likely N-dealkylation sites (N-methyl/N-ethyl adjacent to an activating group) is 1. The molecule has 0 bridgehead atoms. The lowest BCUT2D eigenvalue weighted by atomic mass is 10.2. The Bertz CT molecular complexity index is 603. The molecule has 0 unspecified atom stereocenters. The third-order valence-corrected chi connectivity index (χ3v) is 5.84. The fourth-order valence-corrected chi connectivity index (χ4v) is 4.50. The number of halogens is 1. The Labute approximate surface area is 132 Å². The molecule has 0 aliphatic carbocycles. The van der Waals surface area contributed by atoms with E-state index in [9.17, 15) is 13.2 Å². The highest BCUT2D eigenvalue weighted by Crippen LogP contribution is 2.17. The van der Waals surface area contributed by atoms with Crippen molar-refractivity contribution in [1.82, 2.24) is 4.90 Å². The van der Waals surface area contributed by atoms with Gasteiger partial charge in [-0.05, 0) is 47.2 Å².